The number of nitrogens with one attached hydrogen (secondary N) is 1. The van der Waals surface area contributed by atoms with Gasteiger partial charge in [0.1, 0.15) is 0 Å². The normalized spacial score (nSPS) is 17.0. The lowest BCUT2D eigenvalue weighted by Crippen LogP contribution is -2.44. The van der Waals surface area contributed by atoms with Crippen molar-refractivity contribution in [2.75, 3.05) is 13.1 Å². The Labute approximate surface area is 178 Å². The summed E-state index contributed by atoms with van der Waals surface area (Å²) < 4.78 is 27.0. The van der Waals surface area contributed by atoms with Crippen molar-refractivity contribution < 1.29 is 13.2 Å². The molecule has 3 rings (SSSR count). The average Bonchev–Trinajstić information content (AvgIpc) is 2.72. The number of benzene rings is 2. The number of nitrogens with zero attached hydrogens (tertiary/aromatic N) is 1. The second kappa shape index (κ2) is 9.74. The molecule has 1 amide bonds. The molecule has 2 aromatic carbocycles. The molecule has 0 aromatic heterocycles. The number of halogens is 1. The molecule has 5 nitrogen and oxygen atoms in total. The van der Waals surface area contributed by atoms with Crippen LogP contribution in [0.1, 0.15) is 43.4 Å². The lowest BCUT2D eigenvalue weighted by molar-refractivity contribution is -0.126. The van der Waals surface area contributed by atoms with E-state index in [1.165, 1.54) is 4.31 Å². The van der Waals surface area contributed by atoms with Crippen LogP contribution in [0.3, 0.4) is 0 Å². The van der Waals surface area contributed by atoms with Crippen LogP contribution in [0.5, 0.6) is 0 Å². The van der Waals surface area contributed by atoms with Crippen LogP contribution in [0.15, 0.2) is 54.6 Å². The van der Waals surface area contributed by atoms with E-state index in [0.717, 1.165) is 12.0 Å². The van der Waals surface area contributed by atoms with E-state index in [-0.39, 0.29) is 23.6 Å². The van der Waals surface area contributed by atoms with E-state index < -0.39 is 10.0 Å². The largest absolute Gasteiger partial charge is 0.349 e. The maximum atomic E-state index is 12.7. The predicted octanol–water partition coefficient (Wildman–Crippen LogP) is 4.15. The summed E-state index contributed by atoms with van der Waals surface area (Å²) >= 11 is 5.96. The van der Waals surface area contributed by atoms with Gasteiger partial charge in [-0.15, -0.1) is 0 Å². The quantitative estimate of drug-likeness (QED) is 0.711. The Morgan fingerprint density at radius 2 is 1.83 bits per heavy atom. The fourth-order valence-electron chi connectivity index (χ4n) is 3.72. The number of amides is 1. The Bertz CT molecular complexity index is 926. The van der Waals surface area contributed by atoms with Crippen molar-refractivity contribution in [2.24, 2.45) is 5.92 Å². The first-order chi connectivity index (χ1) is 13.9. The number of piperidine rings is 1. The van der Waals surface area contributed by atoms with Gasteiger partial charge >= 0.3 is 0 Å². The molecule has 1 aliphatic rings. The van der Waals surface area contributed by atoms with Crippen molar-refractivity contribution in [3.63, 3.8) is 0 Å². The molecule has 29 heavy (non-hydrogen) atoms. The van der Waals surface area contributed by atoms with Crippen molar-refractivity contribution in [3.8, 4) is 0 Å². The summed E-state index contributed by atoms with van der Waals surface area (Å²) in [5.74, 6) is -0.228. The molecule has 1 atom stereocenters. The molecule has 1 heterocycles. The van der Waals surface area contributed by atoms with E-state index in [2.05, 4.69) is 5.32 Å². The van der Waals surface area contributed by atoms with E-state index in [9.17, 15) is 13.2 Å². The zero-order chi connectivity index (χ0) is 20.9. The van der Waals surface area contributed by atoms with Crippen LogP contribution in [-0.4, -0.2) is 31.7 Å². The van der Waals surface area contributed by atoms with E-state index in [4.69, 9.17) is 11.6 Å². The van der Waals surface area contributed by atoms with Crippen LogP contribution in [0.25, 0.3) is 0 Å². The molecule has 7 heteroatoms. The first kappa shape index (κ1) is 21.8. The molecule has 156 valence electrons. The maximum absolute atomic E-state index is 12.7. The van der Waals surface area contributed by atoms with Crippen molar-refractivity contribution in [2.45, 2.75) is 38.0 Å². The monoisotopic (exact) mass is 434 g/mol. The summed E-state index contributed by atoms with van der Waals surface area (Å²) in [6, 6.07) is 16.8. The van der Waals surface area contributed by atoms with Gasteiger partial charge in [0.15, 0.2) is 0 Å². The van der Waals surface area contributed by atoms with Gasteiger partial charge in [-0.05, 0) is 42.5 Å². The third-order valence-electron chi connectivity index (χ3n) is 5.38. The summed E-state index contributed by atoms with van der Waals surface area (Å²) in [5.41, 5.74) is 1.76. The Balaban J connectivity index is 1.56. The first-order valence-corrected chi connectivity index (χ1v) is 12.0. The Morgan fingerprint density at radius 3 is 2.45 bits per heavy atom. The van der Waals surface area contributed by atoms with E-state index in [0.29, 0.717) is 36.5 Å². The average molecular weight is 435 g/mol. The molecule has 0 bridgehead atoms. The number of hydrogen-bond donors (Lipinski definition) is 1. The van der Waals surface area contributed by atoms with Crippen molar-refractivity contribution in [1.82, 2.24) is 9.62 Å². The molecule has 1 aliphatic heterocycles. The molecule has 0 radical (unpaired) electrons. The molecule has 1 fully saturated rings. The lowest BCUT2D eigenvalue weighted by atomic mass is 9.96. The van der Waals surface area contributed by atoms with Gasteiger partial charge in [-0.3, -0.25) is 4.79 Å². The number of carbonyl (C=O) groups is 1. The number of sulfonamides is 1. The SMILES string of the molecule is CCC(NC(=O)C1CCN(S(=O)(=O)Cc2cccc(Cl)c2)CC1)c1ccccc1. The zero-order valence-electron chi connectivity index (χ0n) is 16.6. The van der Waals surface area contributed by atoms with Gasteiger partial charge in [0.05, 0.1) is 11.8 Å². The molecule has 0 aliphatic carbocycles. The standard InChI is InChI=1S/C22H27ClN2O3S/c1-2-21(18-8-4-3-5-9-18)24-22(26)19-11-13-25(14-12-19)29(27,28)16-17-7-6-10-20(23)15-17/h3-10,15,19,21H,2,11-14,16H2,1H3,(H,24,26). The van der Waals surface area contributed by atoms with E-state index in [1.54, 1.807) is 24.3 Å². The number of hydrogen-bond acceptors (Lipinski definition) is 3. The summed E-state index contributed by atoms with van der Waals surface area (Å²) in [7, 11) is -3.43. The van der Waals surface area contributed by atoms with Gasteiger partial charge in [0.25, 0.3) is 0 Å². The second-order valence-corrected chi connectivity index (χ2v) is 9.84. The second-order valence-electron chi connectivity index (χ2n) is 7.44. The maximum Gasteiger partial charge on any atom is 0.223 e. The number of rotatable bonds is 7. The summed E-state index contributed by atoms with van der Waals surface area (Å²) in [6.07, 6.45) is 1.88. The van der Waals surface area contributed by atoms with Gasteiger partial charge < -0.3 is 5.32 Å². The molecule has 0 saturated carbocycles. The molecular weight excluding hydrogens is 408 g/mol. The number of carbonyl (C=O) groups excluding carboxylic acids is 1. The van der Waals surface area contributed by atoms with Crippen LogP contribution in [0.4, 0.5) is 0 Å². The van der Waals surface area contributed by atoms with Crippen LogP contribution in [-0.2, 0) is 20.6 Å². The zero-order valence-corrected chi connectivity index (χ0v) is 18.1. The third kappa shape index (κ3) is 5.81. The molecule has 1 saturated heterocycles. The fraction of sp³-hybridized carbons (Fsp3) is 0.409. The van der Waals surface area contributed by atoms with Gasteiger partial charge in [-0.25, -0.2) is 12.7 Å². The van der Waals surface area contributed by atoms with Crippen LogP contribution < -0.4 is 5.32 Å². The highest BCUT2D eigenvalue weighted by Crippen LogP contribution is 2.24. The van der Waals surface area contributed by atoms with Crippen molar-refractivity contribution in [1.29, 1.82) is 0 Å². The summed E-state index contributed by atoms with van der Waals surface area (Å²) in [6.45, 7) is 2.77. The minimum atomic E-state index is -3.43. The fourth-order valence-corrected chi connectivity index (χ4v) is 5.48. The van der Waals surface area contributed by atoms with Crippen molar-refractivity contribution in [3.05, 3.63) is 70.7 Å². The third-order valence-corrected chi connectivity index (χ3v) is 7.47. The smallest absolute Gasteiger partial charge is 0.223 e. The van der Waals surface area contributed by atoms with Gasteiger partial charge in [-0.1, -0.05) is 61.0 Å². The minimum Gasteiger partial charge on any atom is -0.349 e. The van der Waals surface area contributed by atoms with Gasteiger partial charge in [0, 0.05) is 24.0 Å². The Hall–Kier alpha value is -1.89. The van der Waals surface area contributed by atoms with Crippen LogP contribution in [0, 0.1) is 5.92 Å². The van der Waals surface area contributed by atoms with E-state index >= 15 is 0 Å². The molecular formula is C22H27ClN2O3S. The first-order valence-electron chi connectivity index (χ1n) is 9.96. The summed E-state index contributed by atoms with van der Waals surface area (Å²) in [4.78, 5) is 12.7. The molecule has 1 N–H and O–H groups in total. The molecule has 1 unspecified atom stereocenters. The lowest BCUT2D eigenvalue weighted by Gasteiger charge is -2.31. The molecule has 0 spiro atoms. The predicted molar refractivity (Wildman–Crippen MR) is 116 cm³/mol. The van der Waals surface area contributed by atoms with Crippen molar-refractivity contribution >= 4 is 27.5 Å². The highest BCUT2D eigenvalue weighted by molar-refractivity contribution is 7.88. The Morgan fingerprint density at radius 1 is 1.14 bits per heavy atom. The van der Waals surface area contributed by atoms with Gasteiger partial charge in [-0.2, -0.15) is 0 Å². The highest BCUT2D eigenvalue weighted by atomic mass is 35.5. The summed E-state index contributed by atoms with van der Waals surface area (Å²) in [5, 5.41) is 3.66. The highest BCUT2D eigenvalue weighted by Gasteiger charge is 2.31. The van der Waals surface area contributed by atoms with E-state index in [1.807, 2.05) is 37.3 Å². The van der Waals surface area contributed by atoms with Crippen LogP contribution >= 0.6 is 11.6 Å². The minimum absolute atomic E-state index is 0.00703. The van der Waals surface area contributed by atoms with Crippen LogP contribution in [0.2, 0.25) is 5.02 Å². The Kier molecular flexibility index (Phi) is 7.33. The van der Waals surface area contributed by atoms with Gasteiger partial charge in [0.2, 0.25) is 15.9 Å². The topological polar surface area (TPSA) is 66.5 Å². The molecule has 2 aromatic rings.